The van der Waals surface area contributed by atoms with Gasteiger partial charge < -0.3 is 4.79 Å². The molecule has 0 aliphatic rings. The van der Waals surface area contributed by atoms with Gasteiger partial charge in [0.25, 0.3) is 0 Å². The second-order valence-corrected chi connectivity index (χ2v) is 1.31. The third-order valence-electron chi connectivity index (χ3n) is 0.676. The predicted octanol–water partition coefficient (Wildman–Crippen LogP) is -0.0761. The molecule has 1 nitrogen and oxygen atoms in total. The maximum atomic E-state index is 9.56. The molecule has 0 aromatic rings. The summed E-state index contributed by atoms with van der Waals surface area (Å²) < 4.78 is 0. The average Bonchev–Trinajstić information content (AvgIpc) is 1.61. The molecule has 0 unspecified atom stereocenters. The van der Waals surface area contributed by atoms with E-state index < -0.39 is 0 Å². The first-order valence-electron chi connectivity index (χ1n) is 2.35. The standard InChI is InChI=1S/C5H10O.GeH4/c1-2-3-4-5-6;/h5H,2-4H2,1H3;1H4. The topological polar surface area (TPSA) is 17.1 Å². The molecule has 0 radical (unpaired) electrons. The van der Waals surface area contributed by atoms with Crippen molar-refractivity contribution in [2.45, 2.75) is 26.2 Å². The Morgan fingerprint density at radius 2 is 2.14 bits per heavy atom. The fourth-order valence-corrected chi connectivity index (χ4v) is 0.287. The van der Waals surface area contributed by atoms with Crippen LogP contribution in [-0.2, 0) is 4.79 Å². The summed E-state index contributed by atoms with van der Waals surface area (Å²) in [6.45, 7) is 2.07. The molecule has 0 spiro atoms. The van der Waals surface area contributed by atoms with Gasteiger partial charge in [-0.05, 0) is 6.42 Å². The molecule has 0 saturated heterocycles. The summed E-state index contributed by atoms with van der Waals surface area (Å²) >= 11 is 0. The third-order valence-corrected chi connectivity index (χ3v) is 0.676. The van der Waals surface area contributed by atoms with Crippen molar-refractivity contribution >= 4 is 23.9 Å². The van der Waals surface area contributed by atoms with E-state index in [9.17, 15) is 4.79 Å². The van der Waals surface area contributed by atoms with Crippen LogP contribution in [0.25, 0.3) is 0 Å². The molecule has 0 bridgehead atoms. The van der Waals surface area contributed by atoms with E-state index in [0.29, 0.717) is 0 Å². The van der Waals surface area contributed by atoms with Crippen LogP contribution >= 0.6 is 0 Å². The first kappa shape index (κ1) is 10.2. The molecule has 0 amide bonds. The zero-order valence-corrected chi connectivity index (χ0v) is 4.11. The molecular weight excluding hydrogens is 149 g/mol. The van der Waals surface area contributed by atoms with Crippen molar-refractivity contribution in [2.75, 3.05) is 0 Å². The summed E-state index contributed by atoms with van der Waals surface area (Å²) in [5.41, 5.74) is 0. The Bertz CT molecular complexity index is 37.1. The van der Waals surface area contributed by atoms with E-state index in [1.165, 1.54) is 0 Å². The van der Waals surface area contributed by atoms with Gasteiger partial charge in [0.1, 0.15) is 6.29 Å². The van der Waals surface area contributed by atoms with Crippen LogP contribution in [-0.4, -0.2) is 23.9 Å². The SMILES string of the molecule is CCCCC=O.[GeH4]. The monoisotopic (exact) mass is 164 g/mol. The summed E-state index contributed by atoms with van der Waals surface area (Å²) in [5.74, 6) is 0. The first-order chi connectivity index (χ1) is 2.91. The maximum absolute atomic E-state index is 9.56. The number of hydrogen-bond donors (Lipinski definition) is 0. The predicted molar refractivity (Wildman–Crippen MR) is 36.9 cm³/mol. The molecule has 0 aliphatic heterocycles. The number of hydrogen-bond acceptors (Lipinski definition) is 1. The molecule has 0 heterocycles. The van der Waals surface area contributed by atoms with Crippen molar-refractivity contribution in [2.24, 2.45) is 0 Å². The first-order valence-corrected chi connectivity index (χ1v) is 2.35. The molecule has 0 aromatic carbocycles. The van der Waals surface area contributed by atoms with Crippen molar-refractivity contribution in [1.82, 2.24) is 0 Å². The second-order valence-electron chi connectivity index (χ2n) is 1.31. The fraction of sp³-hybridized carbons (Fsp3) is 0.800. The van der Waals surface area contributed by atoms with E-state index >= 15 is 0 Å². The zero-order valence-electron chi connectivity index (χ0n) is 4.11. The Labute approximate surface area is 55.5 Å². The van der Waals surface area contributed by atoms with Gasteiger partial charge in [0.15, 0.2) is 0 Å². The molecule has 0 N–H and O–H groups in total. The molecule has 0 saturated carbocycles. The number of aldehydes is 1. The van der Waals surface area contributed by atoms with Crippen LogP contribution in [0.4, 0.5) is 0 Å². The summed E-state index contributed by atoms with van der Waals surface area (Å²) in [5, 5.41) is 0. The van der Waals surface area contributed by atoms with Crippen LogP contribution < -0.4 is 0 Å². The summed E-state index contributed by atoms with van der Waals surface area (Å²) in [6.07, 6.45) is 3.86. The van der Waals surface area contributed by atoms with Crippen molar-refractivity contribution < 1.29 is 4.79 Å². The number of rotatable bonds is 3. The van der Waals surface area contributed by atoms with E-state index in [4.69, 9.17) is 0 Å². The summed E-state index contributed by atoms with van der Waals surface area (Å²) in [4.78, 5) is 9.56. The molecule has 0 rings (SSSR count). The van der Waals surface area contributed by atoms with Crippen LogP contribution in [0.15, 0.2) is 0 Å². The third kappa shape index (κ3) is 10.7. The summed E-state index contributed by atoms with van der Waals surface area (Å²) in [7, 11) is 0. The van der Waals surface area contributed by atoms with Crippen LogP contribution in [0.5, 0.6) is 0 Å². The minimum absolute atomic E-state index is 0. The normalized spacial score (nSPS) is 7.00. The van der Waals surface area contributed by atoms with E-state index in [1.54, 1.807) is 0 Å². The van der Waals surface area contributed by atoms with Crippen LogP contribution in [0.2, 0.25) is 0 Å². The average molecular weight is 163 g/mol. The summed E-state index contributed by atoms with van der Waals surface area (Å²) in [6, 6.07) is 0. The Balaban J connectivity index is 0. The number of unbranched alkanes of at least 4 members (excludes halogenated alkanes) is 2. The Morgan fingerprint density at radius 3 is 2.29 bits per heavy atom. The zero-order chi connectivity index (χ0) is 4.83. The van der Waals surface area contributed by atoms with Gasteiger partial charge in [-0.2, -0.15) is 0 Å². The quantitative estimate of drug-likeness (QED) is 0.323. The molecule has 2 heteroatoms. The van der Waals surface area contributed by atoms with Gasteiger partial charge in [-0.3, -0.25) is 0 Å². The van der Waals surface area contributed by atoms with E-state index in [0.717, 1.165) is 25.5 Å². The molecule has 0 aromatic heterocycles. The van der Waals surface area contributed by atoms with E-state index in [1.807, 2.05) is 0 Å². The van der Waals surface area contributed by atoms with Crippen molar-refractivity contribution in [3.63, 3.8) is 0 Å². The van der Waals surface area contributed by atoms with Gasteiger partial charge in [-0.25, -0.2) is 0 Å². The molecule has 0 aliphatic carbocycles. The van der Waals surface area contributed by atoms with Crippen molar-refractivity contribution in [1.29, 1.82) is 0 Å². The number of carbonyl (C=O) groups is 1. The Morgan fingerprint density at radius 1 is 1.57 bits per heavy atom. The molecule has 0 atom stereocenters. The minimum atomic E-state index is 0. The Hall–Kier alpha value is 0.213. The van der Waals surface area contributed by atoms with Gasteiger partial charge in [0.05, 0.1) is 0 Å². The Kier molecular flexibility index (Phi) is 13.9. The second kappa shape index (κ2) is 9.51. The van der Waals surface area contributed by atoms with E-state index in [2.05, 4.69) is 6.92 Å². The van der Waals surface area contributed by atoms with Crippen LogP contribution in [0.1, 0.15) is 26.2 Å². The van der Waals surface area contributed by atoms with Gasteiger partial charge in [-0.1, -0.05) is 13.3 Å². The van der Waals surface area contributed by atoms with E-state index in [-0.39, 0.29) is 17.6 Å². The van der Waals surface area contributed by atoms with Crippen molar-refractivity contribution in [3.8, 4) is 0 Å². The fourth-order valence-electron chi connectivity index (χ4n) is 0.287. The van der Waals surface area contributed by atoms with Gasteiger partial charge in [-0.15, -0.1) is 0 Å². The molecule has 44 valence electrons. The van der Waals surface area contributed by atoms with Gasteiger partial charge in [0, 0.05) is 6.42 Å². The van der Waals surface area contributed by atoms with Crippen LogP contribution in [0, 0.1) is 0 Å². The number of carbonyl (C=O) groups excluding carboxylic acids is 1. The molecule has 0 fully saturated rings. The van der Waals surface area contributed by atoms with Crippen LogP contribution in [0.3, 0.4) is 0 Å². The van der Waals surface area contributed by atoms with Crippen molar-refractivity contribution in [3.05, 3.63) is 0 Å². The van der Waals surface area contributed by atoms with Gasteiger partial charge >= 0.3 is 17.6 Å². The van der Waals surface area contributed by atoms with Gasteiger partial charge in [0.2, 0.25) is 0 Å². The molecular formula is C5H14GeO. The molecule has 7 heavy (non-hydrogen) atoms.